The zero-order chi connectivity index (χ0) is 13.2. The van der Waals surface area contributed by atoms with Gasteiger partial charge in [-0.3, -0.25) is 0 Å². The summed E-state index contributed by atoms with van der Waals surface area (Å²) < 4.78 is 10.9. The molecule has 1 aromatic rings. The van der Waals surface area contributed by atoms with Crippen molar-refractivity contribution in [1.29, 1.82) is 0 Å². The van der Waals surface area contributed by atoms with Crippen LogP contribution in [0.3, 0.4) is 0 Å². The molecule has 2 N–H and O–H groups in total. The van der Waals surface area contributed by atoms with E-state index in [0.717, 1.165) is 38.5 Å². The molecule has 0 spiro atoms. The molecule has 0 amide bonds. The van der Waals surface area contributed by atoms with E-state index in [2.05, 4.69) is 37.4 Å². The van der Waals surface area contributed by atoms with Crippen molar-refractivity contribution in [2.45, 2.75) is 26.2 Å². The zero-order valence-electron chi connectivity index (χ0n) is 11.8. The molecule has 3 nitrogen and oxygen atoms in total. The Morgan fingerprint density at radius 1 is 1.17 bits per heavy atom. The molecule has 1 aromatic carbocycles. The molecule has 1 rings (SSSR count). The second kappa shape index (κ2) is 8.95. The zero-order valence-corrected chi connectivity index (χ0v) is 11.8. The van der Waals surface area contributed by atoms with Gasteiger partial charge in [-0.2, -0.15) is 0 Å². The molecule has 0 bridgehead atoms. The fourth-order valence-electron chi connectivity index (χ4n) is 1.84. The Balaban J connectivity index is 2.37. The number of methoxy groups -OCH3 is 1. The maximum atomic E-state index is 5.87. The van der Waals surface area contributed by atoms with Gasteiger partial charge in [0, 0.05) is 7.11 Å². The van der Waals surface area contributed by atoms with E-state index in [4.69, 9.17) is 9.47 Å². The molecule has 0 fully saturated rings. The van der Waals surface area contributed by atoms with E-state index in [0.29, 0.717) is 5.92 Å². The number of rotatable bonds is 9. The summed E-state index contributed by atoms with van der Waals surface area (Å²) in [6, 6.07) is 8.35. The van der Waals surface area contributed by atoms with Crippen molar-refractivity contribution in [3.63, 3.8) is 0 Å². The van der Waals surface area contributed by atoms with Crippen LogP contribution in [0.1, 0.15) is 31.7 Å². The highest BCUT2D eigenvalue weighted by Gasteiger charge is 2.09. The van der Waals surface area contributed by atoms with Crippen LogP contribution in [-0.2, 0) is 4.74 Å². The maximum Gasteiger partial charge on any atom is 0.137 e. The number of hydrogen-bond donors (Lipinski definition) is 1. The highest BCUT2D eigenvalue weighted by atomic mass is 16.5. The van der Waals surface area contributed by atoms with Crippen LogP contribution in [0.5, 0.6) is 5.75 Å². The molecule has 0 aliphatic heterocycles. The lowest BCUT2D eigenvalue weighted by atomic mass is 9.98. The minimum Gasteiger partial charge on any atom is -0.487 e. The Morgan fingerprint density at radius 2 is 1.89 bits per heavy atom. The number of para-hydroxylation sites is 1. The predicted molar refractivity (Wildman–Crippen MR) is 74.2 cm³/mol. The first-order valence-corrected chi connectivity index (χ1v) is 6.81. The van der Waals surface area contributed by atoms with E-state index < -0.39 is 0 Å². The lowest BCUT2D eigenvalue weighted by Crippen LogP contribution is -2.86. The largest absolute Gasteiger partial charge is 0.487 e. The van der Waals surface area contributed by atoms with E-state index in [1.807, 2.05) is 6.07 Å². The summed E-state index contributed by atoms with van der Waals surface area (Å²) in [4.78, 5) is 0. The van der Waals surface area contributed by atoms with Crippen molar-refractivity contribution in [2.24, 2.45) is 0 Å². The van der Waals surface area contributed by atoms with Crippen molar-refractivity contribution < 1.29 is 14.8 Å². The Morgan fingerprint density at radius 3 is 2.61 bits per heavy atom. The van der Waals surface area contributed by atoms with Gasteiger partial charge in [0.05, 0.1) is 13.2 Å². The SMILES string of the molecule is CC[C@H](C)c1ccccc1OCC[NH2+]CCOC. The minimum absolute atomic E-state index is 0.554. The van der Waals surface area contributed by atoms with Gasteiger partial charge in [0.2, 0.25) is 0 Å². The first kappa shape index (κ1) is 15.0. The third kappa shape index (κ3) is 5.07. The maximum absolute atomic E-state index is 5.87. The minimum atomic E-state index is 0.554. The Hall–Kier alpha value is -1.06. The van der Waals surface area contributed by atoms with Crippen LogP contribution < -0.4 is 10.1 Å². The average molecular weight is 252 g/mol. The lowest BCUT2D eigenvalue weighted by molar-refractivity contribution is -0.656. The van der Waals surface area contributed by atoms with Crippen LogP contribution in [0.25, 0.3) is 0 Å². The normalized spacial score (nSPS) is 12.4. The average Bonchev–Trinajstić information content (AvgIpc) is 2.42. The Bertz CT molecular complexity index is 328. The van der Waals surface area contributed by atoms with Gasteiger partial charge in [-0.05, 0) is 24.0 Å². The lowest BCUT2D eigenvalue weighted by Gasteiger charge is -2.15. The highest BCUT2D eigenvalue weighted by Crippen LogP contribution is 2.28. The molecule has 1 atom stereocenters. The van der Waals surface area contributed by atoms with Crippen molar-refractivity contribution >= 4 is 0 Å². The van der Waals surface area contributed by atoms with Crippen molar-refractivity contribution in [3.05, 3.63) is 29.8 Å². The number of benzene rings is 1. The van der Waals surface area contributed by atoms with Gasteiger partial charge >= 0.3 is 0 Å². The topological polar surface area (TPSA) is 35.1 Å². The molecule has 0 saturated carbocycles. The van der Waals surface area contributed by atoms with Crippen LogP contribution in [0.15, 0.2) is 24.3 Å². The number of ether oxygens (including phenoxy) is 2. The predicted octanol–water partition coefficient (Wildman–Crippen LogP) is 1.79. The molecular formula is C15H26NO2+. The fraction of sp³-hybridized carbons (Fsp3) is 0.600. The first-order chi connectivity index (χ1) is 8.79. The molecule has 0 radical (unpaired) electrons. The molecule has 102 valence electrons. The monoisotopic (exact) mass is 252 g/mol. The molecule has 0 aliphatic carbocycles. The van der Waals surface area contributed by atoms with E-state index in [9.17, 15) is 0 Å². The van der Waals surface area contributed by atoms with Gasteiger partial charge in [0.15, 0.2) is 0 Å². The van der Waals surface area contributed by atoms with Crippen LogP contribution in [0.4, 0.5) is 0 Å². The third-order valence-electron chi connectivity index (χ3n) is 3.17. The van der Waals surface area contributed by atoms with Gasteiger partial charge in [-0.25, -0.2) is 0 Å². The van der Waals surface area contributed by atoms with Crippen molar-refractivity contribution in [2.75, 3.05) is 33.4 Å². The molecule has 0 heterocycles. The van der Waals surface area contributed by atoms with Gasteiger partial charge in [0.1, 0.15) is 18.9 Å². The molecule has 0 saturated heterocycles. The Kier molecular flexibility index (Phi) is 7.46. The summed E-state index contributed by atoms with van der Waals surface area (Å²) in [5.74, 6) is 1.59. The summed E-state index contributed by atoms with van der Waals surface area (Å²) in [6.07, 6.45) is 1.14. The number of hydrogen-bond acceptors (Lipinski definition) is 2. The smallest absolute Gasteiger partial charge is 0.137 e. The van der Waals surface area contributed by atoms with Crippen molar-refractivity contribution in [1.82, 2.24) is 0 Å². The second-order valence-corrected chi connectivity index (χ2v) is 4.55. The fourth-order valence-corrected chi connectivity index (χ4v) is 1.84. The number of nitrogens with two attached hydrogens (primary N) is 1. The summed E-state index contributed by atoms with van der Waals surface area (Å²) in [5, 5.41) is 2.22. The van der Waals surface area contributed by atoms with Crippen LogP contribution in [0, 0.1) is 0 Å². The van der Waals surface area contributed by atoms with E-state index in [1.165, 1.54) is 5.56 Å². The summed E-state index contributed by atoms with van der Waals surface area (Å²) in [7, 11) is 1.73. The van der Waals surface area contributed by atoms with Gasteiger partial charge < -0.3 is 14.8 Å². The standard InChI is InChI=1S/C15H25NO2/c1-4-13(2)14-7-5-6-8-15(14)18-12-10-16-9-11-17-3/h5-8,13,16H,4,9-12H2,1-3H3/p+1/t13-/m0/s1. The van der Waals surface area contributed by atoms with Crippen LogP contribution >= 0.6 is 0 Å². The first-order valence-electron chi connectivity index (χ1n) is 6.81. The van der Waals surface area contributed by atoms with Gasteiger partial charge in [-0.15, -0.1) is 0 Å². The summed E-state index contributed by atoms with van der Waals surface area (Å²) >= 11 is 0. The van der Waals surface area contributed by atoms with Crippen molar-refractivity contribution in [3.8, 4) is 5.75 Å². The van der Waals surface area contributed by atoms with Crippen LogP contribution in [0.2, 0.25) is 0 Å². The summed E-state index contributed by atoms with van der Waals surface area (Å²) in [6.45, 7) is 7.96. The molecular weight excluding hydrogens is 226 g/mol. The second-order valence-electron chi connectivity index (χ2n) is 4.55. The van der Waals surface area contributed by atoms with Gasteiger partial charge in [0.25, 0.3) is 0 Å². The molecule has 18 heavy (non-hydrogen) atoms. The van der Waals surface area contributed by atoms with E-state index in [-0.39, 0.29) is 0 Å². The molecule has 0 unspecified atom stereocenters. The molecule has 0 aliphatic rings. The third-order valence-corrected chi connectivity index (χ3v) is 3.17. The molecule has 0 aromatic heterocycles. The summed E-state index contributed by atoms with van der Waals surface area (Å²) in [5.41, 5.74) is 1.32. The van der Waals surface area contributed by atoms with E-state index in [1.54, 1.807) is 7.11 Å². The highest BCUT2D eigenvalue weighted by molar-refractivity contribution is 5.35. The van der Waals surface area contributed by atoms with Gasteiger partial charge in [-0.1, -0.05) is 32.0 Å². The van der Waals surface area contributed by atoms with E-state index >= 15 is 0 Å². The Labute approximate surface area is 110 Å². The van der Waals surface area contributed by atoms with Crippen LogP contribution in [-0.4, -0.2) is 33.4 Å². The number of quaternary nitrogens is 1. The molecule has 3 heteroatoms. The quantitative estimate of drug-likeness (QED) is 0.680.